The third kappa shape index (κ3) is 3.45. The Kier molecular flexibility index (Phi) is 4.76. The maximum Gasteiger partial charge on any atom is 0.292 e. The third-order valence-electron chi connectivity index (χ3n) is 5.35. The van der Waals surface area contributed by atoms with Gasteiger partial charge in [-0.1, -0.05) is 30.3 Å². The van der Waals surface area contributed by atoms with Gasteiger partial charge in [0.1, 0.15) is 0 Å². The highest BCUT2D eigenvalue weighted by Crippen LogP contribution is 2.19. The molecule has 6 nitrogen and oxygen atoms in total. The SMILES string of the molecule is Cc1ccc2cc(CCNC(=O)C(=O)c3c[nH]c4ccccc34)c(=O)[nH]c2c1C. The minimum absolute atomic E-state index is 0.177. The Balaban J connectivity index is 1.46. The van der Waals surface area contributed by atoms with Crippen molar-refractivity contribution in [3.8, 4) is 0 Å². The largest absolute Gasteiger partial charge is 0.360 e. The topological polar surface area (TPSA) is 94.8 Å². The van der Waals surface area contributed by atoms with Crippen LogP contribution in [0.1, 0.15) is 27.0 Å². The quantitative estimate of drug-likeness (QED) is 0.363. The number of Topliss-reactive ketones (excluding diaryl/α,β-unsaturated/α-hetero) is 1. The van der Waals surface area contributed by atoms with Gasteiger partial charge < -0.3 is 15.3 Å². The summed E-state index contributed by atoms with van der Waals surface area (Å²) >= 11 is 0. The Bertz CT molecular complexity index is 1310. The van der Waals surface area contributed by atoms with Crippen molar-refractivity contribution in [1.29, 1.82) is 0 Å². The van der Waals surface area contributed by atoms with Crippen LogP contribution in [0.25, 0.3) is 21.8 Å². The van der Waals surface area contributed by atoms with E-state index >= 15 is 0 Å². The Labute approximate surface area is 167 Å². The molecule has 0 radical (unpaired) electrons. The van der Waals surface area contributed by atoms with E-state index in [0.717, 1.165) is 27.5 Å². The molecule has 2 heterocycles. The van der Waals surface area contributed by atoms with E-state index in [1.807, 2.05) is 50.2 Å². The summed E-state index contributed by atoms with van der Waals surface area (Å²) in [4.78, 5) is 43.1. The molecule has 0 spiro atoms. The number of fused-ring (bicyclic) bond motifs is 2. The normalized spacial score (nSPS) is 11.1. The number of hydrogen-bond donors (Lipinski definition) is 3. The molecule has 0 bridgehead atoms. The average molecular weight is 387 g/mol. The second-order valence-corrected chi connectivity index (χ2v) is 7.18. The van der Waals surface area contributed by atoms with Crippen molar-refractivity contribution in [2.75, 3.05) is 6.54 Å². The van der Waals surface area contributed by atoms with Crippen molar-refractivity contribution >= 4 is 33.5 Å². The van der Waals surface area contributed by atoms with Gasteiger partial charge in [-0.3, -0.25) is 14.4 Å². The van der Waals surface area contributed by atoms with Gasteiger partial charge in [-0.15, -0.1) is 0 Å². The predicted octanol–water partition coefficient (Wildman–Crippen LogP) is 3.17. The number of pyridine rings is 1. The van der Waals surface area contributed by atoms with Gasteiger partial charge in [-0.25, -0.2) is 0 Å². The Morgan fingerprint density at radius 2 is 1.86 bits per heavy atom. The van der Waals surface area contributed by atoms with Gasteiger partial charge in [-0.05, 0) is 48.9 Å². The number of hydrogen-bond acceptors (Lipinski definition) is 3. The number of carbonyl (C=O) groups excluding carboxylic acids is 2. The summed E-state index contributed by atoms with van der Waals surface area (Å²) in [7, 11) is 0. The maximum atomic E-state index is 12.5. The van der Waals surface area contributed by atoms with E-state index in [-0.39, 0.29) is 12.1 Å². The monoisotopic (exact) mass is 387 g/mol. The van der Waals surface area contributed by atoms with Gasteiger partial charge in [0.25, 0.3) is 17.2 Å². The minimum Gasteiger partial charge on any atom is -0.360 e. The molecule has 0 atom stereocenters. The summed E-state index contributed by atoms with van der Waals surface area (Å²) in [6, 6.07) is 13.1. The molecule has 1 amide bonds. The fraction of sp³-hybridized carbons (Fsp3) is 0.174. The van der Waals surface area contributed by atoms with Crippen LogP contribution in [0.3, 0.4) is 0 Å². The molecule has 0 aliphatic rings. The summed E-state index contributed by atoms with van der Waals surface area (Å²) in [6.45, 7) is 4.18. The number of aromatic nitrogens is 2. The standard InChI is InChI=1S/C23H21N3O3/c1-13-7-8-15-11-16(22(28)26-20(15)14(13)2)9-10-24-23(29)21(27)18-12-25-19-6-4-3-5-17(18)19/h3-8,11-12,25H,9-10H2,1-2H3,(H,24,29)(H,26,28). The van der Waals surface area contributed by atoms with E-state index in [2.05, 4.69) is 15.3 Å². The Morgan fingerprint density at radius 3 is 2.69 bits per heavy atom. The zero-order valence-corrected chi connectivity index (χ0v) is 16.3. The first-order chi connectivity index (χ1) is 14.0. The van der Waals surface area contributed by atoms with Crippen LogP contribution in [-0.4, -0.2) is 28.2 Å². The van der Waals surface area contributed by atoms with Crippen molar-refractivity contribution in [3.05, 3.63) is 81.3 Å². The molecular weight excluding hydrogens is 366 g/mol. The minimum atomic E-state index is -0.682. The van der Waals surface area contributed by atoms with Gasteiger partial charge in [-0.2, -0.15) is 0 Å². The second kappa shape index (κ2) is 7.39. The van der Waals surface area contributed by atoms with E-state index in [0.29, 0.717) is 22.9 Å². The zero-order chi connectivity index (χ0) is 20.5. The molecule has 6 heteroatoms. The van der Waals surface area contributed by atoms with E-state index in [9.17, 15) is 14.4 Å². The van der Waals surface area contributed by atoms with Gasteiger partial charge in [0.15, 0.2) is 0 Å². The van der Waals surface area contributed by atoms with E-state index in [4.69, 9.17) is 0 Å². The number of nitrogens with one attached hydrogen (secondary N) is 3. The number of ketones is 1. The Hall–Kier alpha value is -3.67. The average Bonchev–Trinajstić information content (AvgIpc) is 3.15. The fourth-order valence-electron chi connectivity index (χ4n) is 3.53. The highest BCUT2D eigenvalue weighted by atomic mass is 16.2. The molecule has 2 aromatic carbocycles. The van der Waals surface area contributed by atoms with Crippen LogP contribution in [0, 0.1) is 13.8 Å². The molecule has 4 aromatic rings. The zero-order valence-electron chi connectivity index (χ0n) is 16.3. The van der Waals surface area contributed by atoms with E-state index in [1.54, 1.807) is 12.3 Å². The lowest BCUT2D eigenvalue weighted by Gasteiger charge is -2.08. The molecule has 146 valence electrons. The molecule has 0 saturated heterocycles. The molecular formula is C23H21N3O3. The summed E-state index contributed by atoms with van der Waals surface area (Å²) < 4.78 is 0. The summed E-state index contributed by atoms with van der Waals surface area (Å²) in [5.74, 6) is -1.28. The van der Waals surface area contributed by atoms with Crippen molar-refractivity contribution in [2.24, 2.45) is 0 Å². The molecule has 2 aromatic heterocycles. The van der Waals surface area contributed by atoms with Gasteiger partial charge in [0.05, 0.1) is 11.1 Å². The van der Waals surface area contributed by atoms with Crippen molar-refractivity contribution < 1.29 is 9.59 Å². The van der Waals surface area contributed by atoms with Gasteiger partial charge in [0.2, 0.25) is 0 Å². The molecule has 0 saturated carbocycles. The first-order valence-corrected chi connectivity index (χ1v) is 9.46. The first-order valence-electron chi connectivity index (χ1n) is 9.46. The van der Waals surface area contributed by atoms with Crippen LogP contribution in [0.2, 0.25) is 0 Å². The van der Waals surface area contributed by atoms with Crippen LogP contribution < -0.4 is 10.9 Å². The molecule has 3 N–H and O–H groups in total. The lowest BCUT2D eigenvalue weighted by molar-refractivity contribution is -0.116. The number of carbonyl (C=O) groups is 2. The van der Waals surface area contributed by atoms with Crippen molar-refractivity contribution in [2.45, 2.75) is 20.3 Å². The first kappa shape index (κ1) is 18.7. The third-order valence-corrected chi connectivity index (χ3v) is 5.35. The number of rotatable bonds is 5. The highest BCUT2D eigenvalue weighted by molar-refractivity contribution is 6.44. The van der Waals surface area contributed by atoms with Crippen molar-refractivity contribution in [3.63, 3.8) is 0 Å². The van der Waals surface area contributed by atoms with E-state index in [1.165, 1.54) is 0 Å². The number of para-hydroxylation sites is 1. The van der Waals surface area contributed by atoms with Gasteiger partial charge >= 0.3 is 0 Å². The van der Waals surface area contributed by atoms with Crippen LogP contribution >= 0.6 is 0 Å². The molecule has 29 heavy (non-hydrogen) atoms. The maximum absolute atomic E-state index is 12.5. The van der Waals surface area contributed by atoms with Crippen LogP contribution in [0.4, 0.5) is 0 Å². The molecule has 0 aliphatic carbocycles. The fourth-order valence-corrected chi connectivity index (χ4v) is 3.53. The number of benzene rings is 2. The predicted molar refractivity (Wildman–Crippen MR) is 113 cm³/mol. The van der Waals surface area contributed by atoms with Crippen LogP contribution in [0.15, 0.2) is 53.5 Å². The summed E-state index contributed by atoms with van der Waals surface area (Å²) in [5.41, 5.74) is 4.53. The number of aromatic amines is 2. The molecule has 0 unspecified atom stereocenters. The molecule has 0 fully saturated rings. The van der Waals surface area contributed by atoms with Crippen LogP contribution in [-0.2, 0) is 11.2 Å². The number of H-pyrrole nitrogens is 2. The van der Waals surface area contributed by atoms with Crippen LogP contribution in [0.5, 0.6) is 0 Å². The number of aryl methyl sites for hydroxylation is 2. The lowest BCUT2D eigenvalue weighted by atomic mass is 10.0. The summed E-state index contributed by atoms with van der Waals surface area (Å²) in [5, 5.41) is 4.28. The van der Waals surface area contributed by atoms with Gasteiger partial charge in [0, 0.05) is 29.2 Å². The van der Waals surface area contributed by atoms with E-state index < -0.39 is 11.7 Å². The number of amides is 1. The van der Waals surface area contributed by atoms with Crippen molar-refractivity contribution in [1.82, 2.24) is 15.3 Å². The second-order valence-electron chi connectivity index (χ2n) is 7.18. The molecule has 0 aliphatic heterocycles. The smallest absolute Gasteiger partial charge is 0.292 e. The highest BCUT2D eigenvalue weighted by Gasteiger charge is 2.19. The molecule has 4 rings (SSSR count). The summed E-state index contributed by atoms with van der Waals surface area (Å²) in [6.07, 6.45) is 1.88. The Morgan fingerprint density at radius 1 is 1.07 bits per heavy atom. The lowest BCUT2D eigenvalue weighted by Crippen LogP contribution is -2.33.